The van der Waals surface area contributed by atoms with Crippen LogP contribution in [0.25, 0.3) is 10.9 Å². The average molecular weight is 306 g/mol. The van der Waals surface area contributed by atoms with Crippen molar-refractivity contribution >= 4 is 16.7 Å². The van der Waals surface area contributed by atoms with Crippen molar-refractivity contribution in [2.75, 3.05) is 13.1 Å². The molecule has 118 valence electrons. The molecule has 2 aromatic carbocycles. The molecule has 0 saturated carbocycles. The number of carbonyl (C=O) groups excluding carboxylic acids is 1. The van der Waals surface area contributed by atoms with Crippen molar-refractivity contribution in [1.29, 1.82) is 0 Å². The van der Waals surface area contributed by atoms with Crippen molar-refractivity contribution in [3.63, 3.8) is 0 Å². The molecule has 3 rings (SSSR count). The maximum Gasteiger partial charge on any atom is 0.178 e. The number of hydrogen-bond donors (Lipinski definition) is 1. The first kappa shape index (κ1) is 15.5. The molecule has 0 saturated heterocycles. The minimum atomic E-state index is 0.164. The number of para-hydroxylation sites is 1. The van der Waals surface area contributed by atoms with Crippen molar-refractivity contribution in [2.45, 2.75) is 20.4 Å². The Labute approximate surface area is 136 Å². The number of likely N-dealkylation sites (N-methyl/N-ethyl adjacent to an activating group) is 1. The van der Waals surface area contributed by atoms with Crippen LogP contribution in [0, 0.1) is 6.92 Å². The normalized spacial score (nSPS) is 11.3. The molecular formula is C20H22N2O. The number of aromatic amines is 1. The van der Waals surface area contributed by atoms with Gasteiger partial charge in [0, 0.05) is 29.2 Å². The lowest BCUT2D eigenvalue weighted by molar-refractivity contribution is 0.0931. The maximum absolute atomic E-state index is 12.7. The third kappa shape index (κ3) is 3.51. The van der Waals surface area contributed by atoms with Gasteiger partial charge in [-0.15, -0.1) is 0 Å². The number of nitrogens with one attached hydrogen (secondary N) is 1. The second kappa shape index (κ2) is 6.80. The first-order valence-electron chi connectivity index (χ1n) is 8.04. The fourth-order valence-corrected chi connectivity index (χ4v) is 2.94. The highest BCUT2D eigenvalue weighted by Gasteiger charge is 2.15. The highest BCUT2D eigenvalue weighted by Crippen LogP contribution is 2.19. The Morgan fingerprint density at radius 2 is 1.96 bits per heavy atom. The Morgan fingerprint density at radius 3 is 2.74 bits per heavy atom. The van der Waals surface area contributed by atoms with E-state index in [1.54, 1.807) is 0 Å². The van der Waals surface area contributed by atoms with Crippen LogP contribution in [0.3, 0.4) is 0 Å². The summed E-state index contributed by atoms with van der Waals surface area (Å²) >= 11 is 0. The molecule has 0 fully saturated rings. The van der Waals surface area contributed by atoms with E-state index in [0.717, 1.165) is 29.6 Å². The summed E-state index contributed by atoms with van der Waals surface area (Å²) in [5, 5.41) is 1.00. The molecule has 1 aromatic heterocycles. The van der Waals surface area contributed by atoms with Crippen molar-refractivity contribution in [1.82, 2.24) is 9.88 Å². The molecule has 3 heteroatoms. The molecular weight excluding hydrogens is 284 g/mol. The van der Waals surface area contributed by atoms with E-state index in [0.29, 0.717) is 6.54 Å². The van der Waals surface area contributed by atoms with E-state index >= 15 is 0 Å². The average Bonchev–Trinajstić information content (AvgIpc) is 2.98. The Balaban J connectivity index is 1.75. The van der Waals surface area contributed by atoms with Crippen LogP contribution < -0.4 is 0 Å². The highest BCUT2D eigenvalue weighted by molar-refractivity contribution is 6.08. The first-order chi connectivity index (χ1) is 11.2. The van der Waals surface area contributed by atoms with Gasteiger partial charge >= 0.3 is 0 Å². The highest BCUT2D eigenvalue weighted by atomic mass is 16.1. The van der Waals surface area contributed by atoms with E-state index in [1.807, 2.05) is 30.5 Å². The van der Waals surface area contributed by atoms with Crippen LogP contribution in [0.15, 0.2) is 54.7 Å². The topological polar surface area (TPSA) is 36.1 Å². The van der Waals surface area contributed by atoms with E-state index < -0.39 is 0 Å². The number of aryl methyl sites for hydroxylation is 1. The first-order valence-corrected chi connectivity index (χ1v) is 8.04. The largest absolute Gasteiger partial charge is 0.360 e. The SMILES string of the molecule is CCN(CC(=O)c1c[nH]c2ccccc12)Cc1cccc(C)c1. The van der Waals surface area contributed by atoms with Crippen molar-refractivity contribution in [3.8, 4) is 0 Å². The Kier molecular flexibility index (Phi) is 4.58. The summed E-state index contributed by atoms with van der Waals surface area (Å²) in [5.41, 5.74) is 4.29. The molecule has 0 amide bonds. The second-order valence-electron chi connectivity index (χ2n) is 5.96. The van der Waals surface area contributed by atoms with Gasteiger partial charge in [-0.25, -0.2) is 0 Å². The molecule has 0 bridgehead atoms. The van der Waals surface area contributed by atoms with Crippen molar-refractivity contribution in [3.05, 3.63) is 71.4 Å². The lowest BCUT2D eigenvalue weighted by atomic mass is 10.1. The molecule has 0 aliphatic heterocycles. The number of ketones is 1. The Hall–Kier alpha value is -2.39. The predicted molar refractivity (Wildman–Crippen MR) is 94.8 cm³/mol. The van der Waals surface area contributed by atoms with E-state index in [1.165, 1.54) is 11.1 Å². The van der Waals surface area contributed by atoms with Crippen LogP contribution in [0.1, 0.15) is 28.4 Å². The van der Waals surface area contributed by atoms with E-state index in [-0.39, 0.29) is 5.78 Å². The van der Waals surface area contributed by atoms with Gasteiger partial charge in [0.2, 0.25) is 0 Å². The molecule has 3 aromatic rings. The summed E-state index contributed by atoms with van der Waals surface area (Å²) in [7, 11) is 0. The van der Waals surface area contributed by atoms with Gasteiger partial charge in [0.25, 0.3) is 0 Å². The minimum Gasteiger partial charge on any atom is -0.360 e. The van der Waals surface area contributed by atoms with Crippen LogP contribution in [0.4, 0.5) is 0 Å². The van der Waals surface area contributed by atoms with Gasteiger partial charge in [0.1, 0.15) is 0 Å². The zero-order chi connectivity index (χ0) is 16.2. The van der Waals surface area contributed by atoms with Gasteiger partial charge in [-0.05, 0) is 25.1 Å². The minimum absolute atomic E-state index is 0.164. The fourth-order valence-electron chi connectivity index (χ4n) is 2.94. The molecule has 0 spiro atoms. The summed E-state index contributed by atoms with van der Waals surface area (Å²) in [5.74, 6) is 0.164. The van der Waals surface area contributed by atoms with Crippen LogP contribution in [0.2, 0.25) is 0 Å². The number of hydrogen-bond acceptors (Lipinski definition) is 2. The molecule has 0 aliphatic carbocycles. The fraction of sp³-hybridized carbons (Fsp3) is 0.250. The van der Waals surface area contributed by atoms with Crippen LogP contribution in [-0.2, 0) is 6.54 Å². The summed E-state index contributed by atoms with van der Waals surface area (Å²) in [6.07, 6.45) is 1.83. The van der Waals surface area contributed by atoms with E-state index in [2.05, 4.69) is 48.0 Å². The zero-order valence-electron chi connectivity index (χ0n) is 13.7. The van der Waals surface area contributed by atoms with Crippen molar-refractivity contribution < 1.29 is 4.79 Å². The van der Waals surface area contributed by atoms with Gasteiger partial charge in [0.05, 0.1) is 6.54 Å². The lowest BCUT2D eigenvalue weighted by Crippen LogP contribution is -2.29. The molecule has 3 nitrogen and oxygen atoms in total. The van der Waals surface area contributed by atoms with E-state index in [9.17, 15) is 4.79 Å². The molecule has 0 aliphatic rings. The quantitative estimate of drug-likeness (QED) is 0.693. The summed E-state index contributed by atoms with van der Waals surface area (Å²) in [4.78, 5) is 18.0. The molecule has 23 heavy (non-hydrogen) atoms. The number of benzene rings is 2. The van der Waals surface area contributed by atoms with E-state index in [4.69, 9.17) is 0 Å². The van der Waals surface area contributed by atoms with Crippen LogP contribution in [0.5, 0.6) is 0 Å². The number of fused-ring (bicyclic) bond motifs is 1. The standard InChI is InChI=1S/C20H22N2O/c1-3-22(13-16-8-6-7-15(2)11-16)14-20(23)18-12-21-19-10-5-4-9-17(18)19/h4-12,21H,3,13-14H2,1-2H3. The Morgan fingerprint density at radius 1 is 1.13 bits per heavy atom. The van der Waals surface area contributed by atoms with Crippen molar-refractivity contribution in [2.24, 2.45) is 0 Å². The summed E-state index contributed by atoms with van der Waals surface area (Å²) < 4.78 is 0. The summed E-state index contributed by atoms with van der Waals surface area (Å²) in [6.45, 7) is 6.27. The zero-order valence-corrected chi connectivity index (χ0v) is 13.7. The third-order valence-corrected chi connectivity index (χ3v) is 4.19. The molecule has 0 unspecified atom stereocenters. The molecule has 0 radical (unpaired) electrons. The van der Waals surface area contributed by atoms with Gasteiger partial charge in [0.15, 0.2) is 5.78 Å². The monoisotopic (exact) mass is 306 g/mol. The number of rotatable bonds is 6. The third-order valence-electron chi connectivity index (χ3n) is 4.19. The van der Waals surface area contributed by atoms with Gasteiger partial charge in [-0.1, -0.05) is 55.0 Å². The molecule has 1 heterocycles. The van der Waals surface area contributed by atoms with Gasteiger partial charge < -0.3 is 4.98 Å². The summed E-state index contributed by atoms with van der Waals surface area (Å²) in [6, 6.07) is 16.4. The number of nitrogens with zero attached hydrogens (tertiary/aromatic N) is 1. The maximum atomic E-state index is 12.7. The number of H-pyrrole nitrogens is 1. The number of Topliss-reactive ketones (excluding diaryl/α,β-unsaturated/α-hetero) is 1. The number of carbonyl (C=O) groups is 1. The number of aromatic nitrogens is 1. The van der Waals surface area contributed by atoms with Gasteiger partial charge in [-0.3, -0.25) is 9.69 Å². The molecule has 1 N–H and O–H groups in total. The lowest BCUT2D eigenvalue weighted by Gasteiger charge is -2.19. The Bertz CT molecular complexity index is 819. The smallest absolute Gasteiger partial charge is 0.178 e. The second-order valence-corrected chi connectivity index (χ2v) is 5.96. The molecule has 0 atom stereocenters. The van der Waals surface area contributed by atoms with Crippen LogP contribution >= 0.6 is 0 Å². The van der Waals surface area contributed by atoms with Crippen LogP contribution in [-0.4, -0.2) is 28.8 Å². The predicted octanol–water partition coefficient (Wildman–Crippen LogP) is 4.18. The van der Waals surface area contributed by atoms with Gasteiger partial charge in [-0.2, -0.15) is 0 Å².